The van der Waals surface area contributed by atoms with Crippen molar-refractivity contribution in [3.8, 4) is 0 Å². The SMILES string of the molecule is CCCCc1cc(NC(=O)CCCN2C(=O)C(=Cc3cccs3)SC2=S)n[nH]1. The Morgan fingerprint density at radius 1 is 1.43 bits per heavy atom. The molecule has 2 aromatic rings. The Morgan fingerprint density at radius 2 is 2.29 bits per heavy atom. The molecule has 148 valence electrons. The Hall–Kier alpha value is -1.97. The zero-order valence-electron chi connectivity index (χ0n) is 15.6. The largest absolute Gasteiger partial charge is 0.309 e. The Balaban J connectivity index is 1.45. The van der Waals surface area contributed by atoms with E-state index < -0.39 is 0 Å². The van der Waals surface area contributed by atoms with Gasteiger partial charge in [-0.05, 0) is 36.8 Å². The Labute approximate surface area is 177 Å². The maximum absolute atomic E-state index is 12.5. The van der Waals surface area contributed by atoms with Crippen molar-refractivity contribution < 1.29 is 9.59 Å². The average molecular weight is 435 g/mol. The third-order valence-corrected chi connectivity index (χ3v) is 6.37. The molecule has 1 aliphatic rings. The minimum absolute atomic E-state index is 0.0864. The number of thiophene rings is 1. The highest BCUT2D eigenvalue weighted by atomic mass is 32.2. The number of thiocarbonyl (C=S) groups is 1. The lowest BCUT2D eigenvalue weighted by atomic mass is 10.2. The molecule has 2 N–H and O–H groups in total. The molecule has 1 saturated heterocycles. The first-order valence-electron chi connectivity index (χ1n) is 9.20. The molecule has 0 aromatic carbocycles. The van der Waals surface area contributed by atoms with E-state index in [-0.39, 0.29) is 11.8 Å². The van der Waals surface area contributed by atoms with Crippen molar-refractivity contribution in [1.29, 1.82) is 0 Å². The Morgan fingerprint density at radius 3 is 3.04 bits per heavy atom. The van der Waals surface area contributed by atoms with Crippen LogP contribution < -0.4 is 5.32 Å². The molecule has 0 saturated carbocycles. The van der Waals surface area contributed by atoms with Crippen molar-refractivity contribution in [2.45, 2.75) is 39.0 Å². The smallest absolute Gasteiger partial charge is 0.266 e. The molecule has 2 amide bonds. The Kier molecular flexibility index (Phi) is 7.41. The van der Waals surface area contributed by atoms with E-state index in [1.165, 1.54) is 11.8 Å². The highest BCUT2D eigenvalue weighted by Crippen LogP contribution is 2.33. The van der Waals surface area contributed by atoms with Crippen molar-refractivity contribution >= 4 is 63.3 Å². The van der Waals surface area contributed by atoms with Gasteiger partial charge in [-0.3, -0.25) is 19.6 Å². The van der Waals surface area contributed by atoms with Crippen LogP contribution in [0, 0.1) is 0 Å². The van der Waals surface area contributed by atoms with Gasteiger partial charge >= 0.3 is 0 Å². The van der Waals surface area contributed by atoms with Gasteiger partial charge in [0, 0.05) is 29.6 Å². The summed E-state index contributed by atoms with van der Waals surface area (Å²) in [6.45, 7) is 2.57. The van der Waals surface area contributed by atoms with Crippen LogP contribution in [0.25, 0.3) is 6.08 Å². The summed E-state index contributed by atoms with van der Waals surface area (Å²) in [4.78, 5) is 27.9. The van der Waals surface area contributed by atoms with Crippen molar-refractivity contribution in [1.82, 2.24) is 15.1 Å². The highest BCUT2D eigenvalue weighted by Gasteiger charge is 2.31. The van der Waals surface area contributed by atoms with Crippen LogP contribution in [0.4, 0.5) is 5.82 Å². The first-order chi connectivity index (χ1) is 13.6. The van der Waals surface area contributed by atoms with Crippen LogP contribution in [0.5, 0.6) is 0 Å². The number of aryl methyl sites for hydroxylation is 1. The van der Waals surface area contributed by atoms with Crippen LogP contribution in [0.2, 0.25) is 0 Å². The number of anilines is 1. The molecule has 0 bridgehead atoms. The van der Waals surface area contributed by atoms with Crippen LogP contribution in [-0.4, -0.2) is 37.8 Å². The number of thioether (sulfide) groups is 1. The lowest BCUT2D eigenvalue weighted by molar-refractivity contribution is -0.122. The number of hydrogen-bond acceptors (Lipinski definition) is 6. The van der Waals surface area contributed by atoms with E-state index in [2.05, 4.69) is 22.4 Å². The normalized spacial score (nSPS) is 15.6. The fraction of sp³-hybridized carbons (Fsp3) is 0.368. The molecule has 28 heavy (non-hydrogen) atoms. The van der Waals surface area contributed by atoms with Gasteiger partial charge in [-0.1, -0.05) is 43.4 Å². The number of nitrogens with one attached hydrogen (secondary N) is 2. The number of aromatic amines is 1. The van der Waals surface area contributed by atoms with E-state index in [1.54, 1.807) is 16.2 Å². The van der Waals surface area contributed by atoms with Gasteiger partial charge < -0.3 is 5.32 Å². The second-order valence-corrected chi connectivity index (χ2v) is 9.04. The summed E-state index contributed by atoms with van der Waals surface area (Å²) in [6.07, 6.45) is 5.83. The molecule has 0 radical (unpaired) electrons. The predicted octanol–water partition coefficient (Wildman–Crippen LogP) is 4.43. The minimum atomic E-state index is -0.117. The van der Waals surface area contributed by atoms with Crippen molar-refractivity contribution in [3.63, 3.8) is 0 Å². The fourth-order valence-corrected chi connectivity index (χ4v) is 4.75. The molecule has 6 nitrogen and oxygen atoms in total. The van der Waals surface area contributed by atoms with E-state index in [1.807, 2.05) is 29.7 Å². The van der Waals surface area contributed by atoms with E-state index in [0.29, 0.717) is 34.4 Å². The molecule has 0 unspecified atom stereocenters. The summed E-state index contributed by atoms with van der Waals surface area (Å²) in [5, 5.41) is 11.8. The molecule has 2 aromatic heterocycles. The van der Waals surface area contributed by atoms with E-state index >= 15 is 0 Å². The van der Waals surface area contributed by atoms with E-state index in [4.69, 9.17) is 12.2 Å². The van der Waals surface area contributed by atoms with Gasteiger partial charge in [0.2, 0.25) is 5.91 Å². The third-order valence-electron chi connectivity index (χ3n) is 4.17. The van der Waals surface area contributed by atoms with Gasteiger partial charge in [-0.25, -0.2) is 0 Å². The first-order valence-corrected chi connectivity index (χ1v) is 11.3. The quantitative estimate of drug-likeness (QED) is 0.451. The lowest BCUT2D eigenvalue weighted by Gasteiger charge is -2.13. The average Bonchev–Trinajstić information content (AvgIpc) is 3.39. The maximum atomic E-state index is 12.5. The molecule has 1 aliphatic heterocycles. The van der Waals surface area contributed by atoms with Crippen LogP contribution in [0.3, 0.4) is 0 Å². The summed E-state index contributed by atoms with van der Waals surface area (Å²) >= 11 is 8.22. The molecule has 3 heterocycles. The molecule has 0 spiro atoms. The standard InChI is InChI=1S/C19H22N4O2S3/c1-2-3-6-13-11-16(22-21-13)20-17(24)8-4-9-23-18(25)15(28-19(23)26)12-14-7-5-10-27-14/h5,7,10-12H,2-4,6,8-9H2,1H3,(H2,20,21,22,24). The van der Waals surface area contributed by atoms with Crippen molar-refractivity contribution in [2.75, 3.05) is 11.9 Å². The number of unbranched alkanes of at least 4 members (excludes halogenated alkanes) is 1. The first kappa shape index (κ1) is 20.8. The van der Waals surface area contributed by atoms with Crippen molar-refractivity contribution in [3.05, 3.63) is 39.1 Å². The molecule has 1 fully saturated rings. The third kappa shape index (κ3) is 5.52. The number of H-pyrrole nitrogens is 1. The number of amides is 2. The number of aromatic nitrogens is 2. The van der Waals surface area contributed by atoms with Gasteiger partial charge in [0.15, 0.2) is 5.82 Å². The summed E-state index contributed by atoms with van der Waals surface area (Å²) in [5.41, 5.74) is 1.02. The zero-order valence-corrected chi connectivity index (χ0v) is 18.0. The Bertz CT molecular complexity index is 874. The molecular weight excluding hydrogens is 412 g/mol. The molecule has 0 atom stereocenters. The van der Waals surface area contributed by atoms with E-state index in [0.717, 1.165) is 29.8 Å². The lowest BCUT2D eigenvalue weighted by Crippen LogP contribution is -2.29. The molecule has 9 heteroatoms. The number of nitrogens with zero attached hydrogens (tertiary/aromatic N) is 2. The van der Waals surface area contributed by atoms with Gasteiger partial charge in [0.25, 0.3) is 5.91 Å². The summed E-state index contributed by atoms with van der Waals surface area (Å²) in [6, 6.07) is 5.78. The van der Waals surface area contributed by atoms with Crippen LogP contribution in [0.15, 0.2) is 28.5 Å². The molecule has 0 aliphatic carbocycles. The number of rotatable bonds is 9. The summed E-state index contributed by atoms with van der Waals surface area (Å²) in [5.74, 6) is 0.338. The second-order valence-electron chi connectivity index (χ2n) is 6.38. The molecule has 3 rings (SSSR count). The second kappa shape index (κ2) is 9.99. The summed E-state index contributed by atoms with van der Waals surface area (Å²) < 4.78 is 0.543. The maximum Gasteiger partial charge on any atom is 0.266 e. The van der Waals surface area contributed by atoms with E-state index in [9.17, 15) is 9.59 Å². The van der Waals surface area contributed by atoms with Crippen LogP contribution in [-0.2, 0) is 16.0 Å². The van der Waals surface area contributed by atoms with Crippen LogP contribution >= 0.6 is 35.3 Å². The van der Waals surface area contributed by atoms with Gasteiger partial charge in [-0.15, -0.1) is 11.3 Å². The topological polar surface area (TPSA) is 78.1 Å². The highest BCUT2D eigenvalue weighted by molar-refractivity contribution is 8.26. The monoisotopic (exact) mass is 434 g/mol. The van der Waals surface area contributed by atoms with Crippen molar-refractivity contribution in [2.24, 2.45) is 0 Å². The number of hydrogen-bond donors (Lipinski definition) is 2. The fourth-order valence-electron chi connectivity index (χ4n) is 2.72. The zero-order chi connectivity index (χ0) is 19.9. The van der Waals surface area contributed by atoms with Gasteiger partial charge in [-0.2, -0.15) is 5.10 Å². The number of carbonyl (C=O) groups excluding carboxylic acids is 2. The van der Waals surface area contributed by atoms with Gasteiger partial charge in [0.1, 0.15) is 4.32 Å². The summed E-state index contributed by atoms with van der Waals surface area (Å²) in [7, 11) is 0. The molecular formula is C19H22N4O2S3. The van der Waals surface area contributed by atoms with Gasteiger partial charge in [0.05, 0.1) is 4.91 Å². The predicted molar refractivity (Wildman–Crippen MR) is 119 cm³/mol. The minimum Gasteiger partial charge on any atom is -0.309 e. The van der Waals surface area contributed by atoms with Crippen LogP contribution in [0.1, 0.15) is 43.2 Å². The number of carbonyl (C=O) groups is 2.